The zero-order valence-electron chi connectivity index (χ0n) is 14.5. The van der Waals surface area contributed by atoms with Gasteiger partial charge in [0, 0.05) is 4.47 Å². The monoisotopic (exact) mass is 453 g/mol. The quantitative estimate of drug-likeness (QED) is 0.508. The van der Waals surface area contributed by atoms with Gasteiger partial charge >= 0.3 is 6.03 Å². The number of urea groups is 1. The van der Waals surface area contributed by atoms with Crippen LogP contribution in [-0.4, -0.2) is 44.3 Å². The van der Waals surface area contributed by atoms with Crippen LogP contribution in [0.3, 0.4) is 0 Å². The Morgan fingerprint density at radius 1 is 1.37 bits per heavy atom. The van der Waals surface area contributed by atoms with Gasteiger partial charge in [-0.1, -0.05) is 30.8 Å². The Balaban J connectivity index is 1.58. The van der Waals surface area contributed by atoms with Crippen molar-refractivity contribution < 1.29 is 18.8 Å². The van der Waals surface area contributed by atoms with E-state index in [9.17, 15) is 14.4 Å². The third kappa shape index (κ3) is 3.98. The molecule has 1 saturated heterocycles. The van der Waals surface area contributed by atoms with Gasteiger partial charge in [0.2, 0.25) is 11.8 Å². The lowest BCUT2D eigenvalue weighted by molar-refractivity contribution is -0.137. The Bertz CT molecular complexity index is 904. The molecule has 0 aliphatic carbocycles. The molecule has 2 N–H and O–H groups in total. The number of benzene rings is 1. The van der Waals surface area contributed by atoms with Crippen molar-refractivity contribution >= 4 is 45.5 Å². The van der Waals surface area contributed by atoms with Crippen molar-refractivity contribution in [1.82, 2.24) is 25.9 Å². The number of hydrazine groups is 1. The van der Waals surface area contributed by atoms with Gasteiger partial charge in [0.15, 0.2) is 0 Å². The van der Waals surface area contributed by atoms with E-state index in [2.05, 4.69) is 36.9 Å². The zero-order valence-corrected chi connectivity index (χ0v) is 16.9. The Morgan fingerprint density at radius 2 is 2.11 bits per heavy atom. The van der Waals surface area contributed by atoms with Crippen LogP contribution in [0.25, 0.3) is 11.5 Å². The number of rotatable bonds is 6. The minimum absolute atomic E-state index is 0.0997. The maximum Gasteiger partial charge on any atom is 0.344 e. The predicted octanol–water partition coefficient (Wildman–Crippen LogP) is 2.34. The first-order valence-electron chi connectivity index (χ1n) is 8.01. The summed E-state index contributed by atoms with van der Waals surface area (Å²) in [6, 6.07) is 6.72. The van der Waals surface area contributed by atoms with Crippen LogP contribution in [0, 0.1) is 0 Å². The van der Waals surface area contributed by atoms with Gasteiger partial charge in [-0.05, 0) is 41.4 Å². The summed E-state index contributed by atoms with van der Waals surface area (Å²) in [4.78, 5) is 36.2. The maximum atomic E-state index is 12.2. The molecule has 1 aromatic carbocycles. The van der Waals surface area contributed by atoms with Crippen molar-refractivity contribution in [2.24, 2.45) is 0 Å². The highest BCUT2D eigenvalue weighted by molar-refractivity contribution is 9.10. The number of carbonyl (C=O) groups excluding carboxylic acids is 3. The third-order valence-corrected chi connectivity index (χ3v) is 5.55. The van der Waals surface area contributed by atoms with Gasteiger partial charge in [-0.3, -0.25) is 15.0 Å². The number of halogens is 1. The summed E-state index contributed by atoms with van der Waals surface area (Å²) in [7, 11) is 0. The first-order valence-corrected chi connectivity index (χ1v) is 9.79. The van der Waals surface area contributed by atoms with Gasteiger partial charge < -0.3 is 9.73 Å². The minimum Gasteiger partial charge on any atom is -0.411 e. The highest BCUT2D eigenvalue weighted by atomic mass is 79.9. The second kappa shape index (κ2) is 7.69. The number of nitrogens with one attached hydrogen (secondary N) is 2. The molecule has 0 bridgehead atoms. The molecule has 9 nitrogen and oxygen atoms in total. The topological polar surface area (TPSA) is 117 Å². The Morgan fingerprint density at radius 3 is 2.78 bits per heavy atom. The van der Waals surface area contributed by atoms with Crippen molar-refractivity contribution in [3.8, 4) is 11.5 Å². The fourth-order valence-electron chi connectivity index (χ4n) is 2.32. The zero-order chi connectivity index (χ0) is 19.6. The first kappa shape index (κ1) is 19.4. The SMILES string of the molecule is CC[C@]1(C)NC(=O)N(NC(=O)CSc2nnc(-c3ccccc3Br)o2)C1=O. The summed E-state index contributed by atoms with van der Waals surface area (Å²) in [6.07, 6.45) is 0.415. The van der Waals surface area contributed by atoms with Crippen LogP contribution >= 0.6 is 27.7 Å². The van der Waals surface area contributed by atoms with E-state index < -0.39 is 23.4 Å². The molecule has 0 radical (unpaired) electrons. The molecule has 0 unspecified atom stereocenters. The lowest BCUT2D eigenvalue weighted by Gasteiger charge is -2.19. The molecule has 0 spiro atoms. The fourth-order valence-corrected chi connectivity index (χ4v) is 3.33. The first-order chi connectivity index (χ1) is 12.8. The van der Waals surface area contributed by atoms with E-state index in [4.69, 9.17) is 4.42 Å². The number of amides is 4. The molecule has 1 aromatic heterocycles. The standard InChI is InChI=1S/C16H16BrN5O4S/c1-3-16(2)13(24)22(14(25)18-16)21-11(23)8-27-15-20-19-12(26-15)9-6-4-5-7-10(9)17/h4-7H,3,8H2,1-2H3,(H,18,25)(H,21,23)/t16-/m0/s1. The summed E-state index contributed by atoms with van der Waals surface area (Å²) in [5.74, 6) is -0.817. The fraction of sp³-hybridized carbons (Fsp3) is 0.312. The summed E-state index contributed by atoms with van der Waals surface area (Å²) >= 11 is 4.41. The Kier molecular flexibility index (Phi) is 5.51. The van der Waals surface area contributed by atoms with Crippen molar-refractivity contribution in [3.05, 3.63) is 28.7 Å². The maximum absolute atomic E-state index is 12.2. The van der Waals surface area contributed by atoms with Crippen molar-refractivity contribution in [1.29, 1.82) is 0 Å². The van der Waals surface area contributed by atoms with Crippen LogP contribution in [0.4, 0.5) is 4.79 Å². The molecule has 1 aliphatic rings. The highest BCUT2D eigenvalue weighted by Gasteiger charge is 2.47. The van der Waals surface area contributed by atoms with E-state index in [1.807, 2.05) is 24.3 Å². The van der Waals surface area contributed by atoms with Gasteiger partial charge in [-0.15, -0.1) is 10.2 Å². The summed E-state index contributed by atoms with van der Waals surface area (Å²) in [6.45, 7) is 3.38. The number of thioether (sulfide) groups is 1. The molecule has 4 amide bonds. The van der Waals surface area contributed by atoms with Crippen LogP contribution in [0.2, 0.25) is 0 Å². The van der Waals surface area contributed by atoms with Gasteiger partial charge in [0.1, 0.15) is 5.54 Å². The van der Waals surface area contributed by atoms with Crippen LogP contribution in [-0.2, 0) is 9.59 Å². The number of aromatic nitrogens is 2. The van der Waals surface area contributed by atoms with Gasteiger partial charge in [-0.2, -0.15) is 5.01 Å². The second-order valence-electron chi connectivity index (χ2n) is 5.93. The second-order valence-corrected chi connectivity index (χ2v) is 7.71. The number of carbonyl (C=O) groups is 3. The predicted molar refractivity (Wildman–Crippen MR) is 100 cm³/mol. The number of hydrogen-bond donors (Lipinski definition) is 2. The molecule has 27 heavy (non-hydrogen) atoms. The Labute approximate surface area is 167 Å². The lowest BCUT2D eigenvalue weighted by atomic mass is 10.00. The number of imide groups is 1. The van der Waals surface area contributed by atoms with Crippen molar-refractivity contribution in [2.45, 2.75) is 31.0 Å². The minimum atomic E-state index is -1.01. The largest absolute Gasteiger partial charge is 0.411 e. The van der Waals surface area contributed by atoms with E-state index in [-0.39, 0.29) is 11.0 Å². The van der Waals surface area contributed by atoms with Crippen LogP contribution in [0.15, 0.2) is 38.4 Å². The number of hydrogen-bond acceptors (Lipinski definition) is 7. The van der Waals surface area contributed by atoms with E-state index in [1.165, 1.54) is 0 Å². The third-order valence-electron chi connectivity index (χ3n) is 4.04. The van der Waals surface area contributed by atoms with E-state index in [1.54, 1.807) is 13.8 Å². The lowest BCUT2D eigenvalue weighted by Crippen LogP contribution is -2.49. The van der Waals surface area contributed by atoms with Gasteiger partial charge in [0.25, 0.3) is 11.1 Å². The van der Waals surface area contributed by atoms with Crippen LogP contribution in [0.5, 0.6) is 0 Å². The van der Waals surface area contributed by atoms with Gasteiger partial charge in [-0.25, -0.2) is 4.79 Å². The molecule has 11 heteroatoms. The Hall–Kier alpha value is -2.40. The molecule has 3 rings (SSSR count). The molecule has 0 saturated carbocycles. The average molecular weight is 454 g/mol. The average Bonchev–Trinajstić information content (AvgIpc) is 3.20. The van der Waals surface area contributed by atoms with Crippen LogP contribution in [0.1, 0.15) is 20.3 Å². The summed E-state index contributed by atoms with van der Waals surface area (Å²) in [5.41, 5.74) is 2.02. The van der Waals surface area contributed by atoms with E-state index >= 15 is 0 Å². The molecule has 1 aliphatic heterocycles. The van der Waals surface area contributed by atoms with E-state index in [0.717, 1.165) is 21.8 Å². The molecule has 1 atom stereocenters. The van der Waals surface area contributed by atoms with Crippen molar-refractivity contribution in [3.63, 3.8) is 0 Å². The molecule has 1 fully saturated rings. The smallest absolute Gasteiger partial charge is 0.344 e. The molecule has 2 heterocycles. The van der Waals surface area contributed by atoms with E-state index in [0.29, 0.717) is 17.3 Å². The molecular formula is C16H16BrN5O4S. The molecule has 142 valence electrons. The summed E-state index contributed by atoms with van der Waals surface area (Å²) in [5, 5.41) is 11.3. The van der Waals surface area contributed by atoms with Crippen molar-refractivity contribution in [2.75, 3.05) is 5.75 Å². The summed E-state index contributed by atoms with van der Waals surface area (Å²) < 4.78 is 6.34. The molecule has 2 aromatic rings. The number of nitrogens with zero attached hydrogens (tertiary/aromatic N) is 3. The van der Waals surface area contributed by atoms with Gasteiger partial charge in [0.05, 0.1) is 11.3 Å². The highest BCUT2D eigenvalue weighted by Crippen LogP contribution is 2.29. The molecular weight excluding hydrogens is 438 g/mol. The van der Waals surface area contributed by atoms with Crippen LogP contribution < -0.4 is 10.7 Å². The normalized spacial score (nSPS) is 19.3.